The van der Waals surface area contributed by atoms with E-state index in [0.29, 0.717) is 12.1 Å². The molecule has 1 aromatic heterocycles. The first-order chi connectivity index (χ1) is 9.60. The number of likely N-dealkylation sites (N-methyl/N-ethyl adjacent to an activating group) is 1. The highest BCUT2D eigenvalue weighted by atomic mass is 16.3. The van der Waals surface area contributed by atoms with E-state index in [1.165, 1.54) is 0 Å². The van der Waals surface area contributed by atoms with Crippen LogP contribution in [0.3, 0.4) is 0 Å². The van der Waals surface area contributed by atoms with Gasteiger partial charge in [0.2, 0.25) is 0 Å². The quantitative estimate of drug-likeness (QED) is 0.907. The molecule has 0 amide bonds. The summed E-state index contributed by atoms with van der Waals surface area (Å²) < 4.78 is 5.26. The molecule has 2 aromatic rings. The van der Waals surface area contributed by atoms with Crippen molar-refractivity contribution in [3.63, 3.8) is 0 Å². The van der Waals surface area contributed by atoms with Crippen LogP contribution in [0.15, 0.2) is 41.0 Å². The van der Waals surface area contributed by atoms with E-state index in [9.17, 15) is 5.11 Å². The van der Waals surface area contributed by atoms with Gasteiger partial charge >= 0.3 is 0 Å². The third-order valence-corrected chi connectivity index (χ3v) is 3.32. The van der Waals surface area contributed by atoms with E-state index in [1.807, 2.05) is 24.9 Å². The SMILES string of the molecule is Cc1occc1CN(C)CC(O)c1ccc(C#N)cc1. The second-order valence-electron chi connectivity index (χ2n) is 4.95. The van der Waals surface area contributed by atoms with E-state index in [1.54, 1.807) is 30.5 Å². The molecule has 0 spiro atoms. The highest BCUT2D eigenvalue weighted by molar-refractivity contribution is 5.32. The summed E-state index contributed by atoms with van der Waals surface area (Å²) in [4.78, 5) is 2.04. The van der Waals surface area contributed by atoms with Gasteiger partial charge < -0.3 is 9.52 Å². The molecule has 1 atom stereocenters. The molecule has 1 aromatic carbocycles. The molecule has 0 aliphatic heterocycles. The predicted molar refractivity (Wildman–Crippen MR) is 75.9 cm³/mol. The van der Waals surface area contributed by atoms with Crippen LogP contribution in [0.5, 0.6) is 0 Å². The average molecular weight is 270 g/mol. The third kappa shape index (κ3) is 3.47. The zero-order valence-electron chi connectivity index (χ0n) is 11.7. The summed E-state index contributed by atoms with van der Waals surface area (Å²) in [6.07, 6.45) is 1.11. The lowest BCUT2D eigenvalue weighted by molar-refractivity contribution is 0.123. The molecule has 4 nitrogen and oxygen atoms in total. The van der Waals surface area contributed by atoms with E-state index < -0.39 is 6.10 Å². The van der Waals surface area contributed by atoms with Gasteiger partial charge in [0.15, 0.2) is 0 Å². The fourth-order valence-electron chi connectivity index (χ4n) is 2.11. The lowest BCUT2D eigenvalue weighted by atomic mass is 10.1. The van der Waals surface area contributed by atoms with Gasteiger partial charge in [-0.1, -0.05) is 12.1 Å². The first-order valence-electron chi connectivity index (χ1n) is 6.50. The van der Waals surface area contributed by atoms with Gasteiger partial charge in [-0.25, -0.2) is 0 Å². The van der Waals surface area contributed by atoms with Gasteiger partial charge in [-0.2, -0.15) is 5.26 Å². The Bertz CT molecular complexity index is 596. The van der Waals surface area contributed by atoms with Crippen molar-refractivity contribution >= 4 is 0 Å². The molecule has 0 saturated heterocycles. The standard InChI is InChI=1S/C16H18N2O2/c1-12-15(7-8-20-12)10-18(2)11-16(19)14-5-3-13(9-17)4-6-14/h3-8,16,19H,10-11H2,1-2H3. The molecule has 104 valence electrons. The number of benzene rings is 1. The Hall–Kier alpha value is -2.09. The van der Waals surface area contributed by atoms with Crippen LogP contribution in [0.1, 0.15) is 28.6 Å². The Kier molecular flexibility index (Phi) is 4.57. The highest BCUT2D eigenvalue weighted by Crippen LogP contribution is 2.17. The zero-order valence-corrected chi connectivity index (χ0v) is 11.7. The van der Waals surface area contributed by atoms with E-state index in [4.69, 9.17) is 9.68 Å². The molecule has 1 N–H and O–H groups in total. The number of rotatable bonds is 5. The smallest absolute Gasteiger partial charge is 0.105 e. The molecule has 0 aliphatic rings. The van der Waals surface area contributed by atoms with Crippen LogP contribution < -0.4 is 0 Å². The van der Waals surface area contributed by atoms with Gasteiger partial charge in [-0.3, -0.25) is 4.90 Å². The summed E-state index contributed by atoms with van der Waals surface area (Å²) in [5, 5.41) is 19.0. The van der Waals surface area contributed by atoms with Crippen LogP contribution in [-0.2, 0) is 6.54 Å². The second kappa shape index (κ2) is 6.38. The van der Waals surface area contributed by atoms with E-state index in [2.05, 4.69) is 6.07 Å². The minimum atomic E-state index is -0.569. The van der Waals surface area contributed by atoms with Crippen LogP contribution in [0.2, 0.25) is 0 Å². The molecule has 1 heterocycles. The maximum absolute atomic E-state index is 10.2. The van der Waals surface area contributed by atoms with Gasteiger partial charge in [0.25, 0.3) is 0 Å². The van der Waals surface area contributed by atoms with Crippen molar-refractivity contribution < 1.29 is 9.52 Å². The summed E-state index contributed by atoms with van der Waals surface area (Å²) in [7, 11) is 1.96. The van der Waals surface area contributed by atoms with Crippen LogP contribution >= 0.6 is 0 Å². The number of hydrogen-bond donors (Lipinski definition) is 1. The normalized spacial score (nSPS) is 12.3. The number of aliphatic hydroxyl groups excluding tert-OH is 1. The van der Waals surface area contributed by atoms with Gasteiger partial charge in [-0.15, -0.1) is 0 Å². The Labute approximate surface area is 118 Å². The van der Waals surface area contributed by atoms with Crippen molar-refractivity contribution in [3.8, 4) is 6.07 Å². The number of furan rings is 1. The van der Waals surface area contributed by atoms with Crippen molar-refractivity contribution in [2.75, 3.05) is 13.6 Å². The molecule has 2 rings (SSSR count). The maximum Gasteiger partial charge on any atom is 0.105 e. The molecule has 0 aliphatic carbocycles. The van der Waals surface area contributed by atoms with Crippen LogP contribution in [0, 0.1) is 18.3 Å². The summed E-state index contributed by atoms with van der Waals surface area (Å²) in [5.74, 6) is 0.907. The molecule has 0 fully saturated rings. The van der Waals surface area contributed by atoms with Crippen molar-refractivity contribution in [1.29, 1.82) is 5.26 Å². The lowest BCUT2D eigenvalue weighted by Gasteiger charge is -2.20. The predicted octanol–water partition coefficient (Wildman–Crippen LogP) is 2.63. The van der Waals surface area contributed by atoms with Crippen molar-refractivity contribution in [2.45, 2.75) is 19.6 Å². The van der Waals surface area contributed by atoms with E-state index in [-0.39, 0.29) is 0 Å². The van der Waals surface area contributed by atoms with Crippen LogP contribution in [0.25, 0.3) is 0 Å². The fourth-order valence-corrected chi connectivity index (χ4v) is 2.11. The Morgan fingerprint density at radius 2 is 2.00 bits per heavy atom. The number of hydrogen-bond acceptors (Lipinski definition) is 4. The number of nitrogens with zero attached hydrogens (tertiary/aromatic N) is 2. The summed E-state index contributed by atoms with van der Waals surface area (Å²) in [5.41, 5.74) is 2.54. The van der Waals surface area contributed by atoms with Crippen molar-refractivity contribution in [1.82, 2.24) is 4.90 Å². The monoisotopic (exact) mass is 270 g/mol. The minimum absolute atomic E-state index is 0.524. The van der Waals surface area contributed by atoms with Gasteiger partial charge in [0.05, 0.1) is 24.0 Å². The number of aryl methyl sites for hydroxylation is 1. The Morgan fingerprint density at radius 1 is 1.30 bits per heavy atom. The molecular formula is C16H18N2O2. The zero-order chi connectivity index (χ0) is 14.5. The van der Waals surface area contributed by atoms with Crippen molar-refractivity contribution in [3.05, 3.63) is 59.0 Å². The fraction of sp³-hybridized carbons (Fsp3) is 0.312. The number of nitriles is 1. The topological polar surface area (TPSA) is 60.4 Å². The minimum Gasteiger partial charge on any atom is -0.469 e. The third-order valence-electron chi connectivity index (χ3n) is 3.32. The molecule has 0 saturated carbocycles. The maximum atomic E-state index is 10.2. The lowest BCUT2D eigenvalue weighted by Crippen LogP contribution is -2.24. The van der Waals surface area contributed by atoms with Gasteiger partial charge in [0.1, 0.15) is 5.76 Å². The summed E-state index contributed by atoms with van der Waals surface area (Å²) >= 11 is 0. The van der Waals surface area contributed by atoms with Gasteiger partial charge in [0, 0.05) is 18.7 Å². The molecular weight excluding hydrogens is 252 g/mol. The highest BCUT2D eigenvalue weighted by Gasteiger charge is 2.12. The van der Waals surface area contributed by atoms with E-state index >= 15 is 0 Å². The largest absolute Gasteiger partial charge is 0.469 e. The van der Waals surface area contributed by atoms with Crippen molar-refractivity contribution in [2.24, 2.45) is 0 Å². The molecule has 20 heavy (non-hydrogen) atoms. The second-order valence-corrected chi connectivity index (χ2v) is 4.95. The first kappa shape index (κ1) is 14.3. The molecule has 4 heteroatoms. The van der Waals surface area contributed by atoms with E-state index in [0.717, 1.165) is 23.4 Å². The van der Waals surface area contributed by atoms with Crippen LogP contribution in [0.4, 0.5) is 0 Å². The van der Waals surface area contributed by atoms with Gasteiger partial charge in [-0.05, 0) is 37.7 Å². The molecule has 1 unspecified atom stereocenters. The van der Waals surface area contributed by atoms with Crippen LogP contribution in [-0.4, -0.2) is 23.6 Å². The first-order valence-corrected chi connectivity index (χ1v) is 6.50. The summed E-state index contributed by atoms with van der Waals surface area (Å²) in [6.45, 7) is 3.19. The molecule has 0 radical (unpaired) electrons. The molecule has 0 bridgehead atoms. The Balaban J connectivity index is 1.95. The average Bonchev–Trinajstić information content (AvgIpc) is 2.84. The summed E-state index contributed by atoms with van der Waals surface area (Å²) in [6, 6.07) is 11.0. The Morgan fingerprint density at radius 3 is 2.55 bits per heavy atom. The number of aliphatic hydroxyl groups is 1.